The van der Waals surface area contributed by atoms with Crippen LogP contribution in [-0.4, -0.2) is 23.8 Å². The second-order valence-electron chi connectivity index (χ2n) is 5.67. The predicted octanol–water partition coefficient (Wildman–Crippen LogP) is 4.23. The van der Waals surface area contributed by atoms with Gasteiger partial charge >= 0.3 is 5.97 Å². The molecule has 1 aromatic carbocycles. The summed E-state index contributed by atoms with van der Waals surface area (Å²) in [6, 6.07) is 7.76. The van der Waals surface area contributed by atoms with Crippen molar-refractivity contribution in [3.05, 3.63) is 35.4 Å². The summed E-state index contributed by atoms with van der Waals surface area (Å²) in [5, 5.41) is 8.72. The quantitative estimate of drug-likeness (QED) is 0.621. The van der Waals surface area contributed by atoms with Crippen molar-refractivity contribution in [1.82, 2.24) is 0 Å². The Hall–Kier alpha value is -1.35. The summed E-state index contributed by atoms with van der Waals surface area (Å²) in [5.74, 6) is -0.789. The van der Waals surface area contributed by atoms with Gasteiger partial charge in [0.2, 0.25) is 0 Å². The molecule has 1 rings (SSSR count). The van der Waals surface area contributed by atoms with E-state index in [1.807, 2.05) is 24.3 Å². The Morgan fingerprint density at radius 2 is 1.81 bits per heavy atom. The first-order valence-electron chi connectivity index (χ1n) is 8.03. The fraction of sp³-hybridized carbons (Fsp3) is 0.611. The summed E-state index contributed by atoms with van der Waals surface area (Å²) in [5.41, 5.74) is 2.04. The number of hydrogen-bond donors (Lipinski definition) is 1. The van der Waals surface area contributed by atoms with E-state index < -0.39 is 5.97 Å². The molecule has 1 atom stereocenters. The molecule has 0 bridgehead atoms. The number of rotatable bonds is 11. The molecule has 0 fully saturated rings. The lowest BCUT2D eigenvalue weighted by Gasteiger charge is -2.13. The highest BCUT2D eigenvalue weighted by Crippen LogP contribution is 2.10. The first-order valence-corrected chi connectivity index (χ1v) is 8.03. The minimum Gasteiger partial charge on any atom is -0.481 e. The molecule has 0 heterocycles. The molecule has 0 aliphatic carbocycles. The molecule has 0 amide bonds. The van der Waals surface area contributed by atoms with E-state index in [-0.39, 0.29) is 6.42 Å². The number of ether oxygens (including phenoxy) is 1. The fourth-order valence-corrected chi connectivity index (χ4v) is 2.32. The average Bonchev–Trinajstić information content (AvgIpc) is 2.45. The van der Waals surface area contributed by atoms with Crippen LogP contribution in [0.15, 0.2) is 24.3 Å². The van der Waals surface area contributed by atoms with Gasteiger partial charge in [0.1, 0.15) is 0 Å². The van der Waals surface area contributed by atoms with E-state index in [9.17, 15) is 4.79 Å². The van der Waals surface area contributed by atoms with E-state index in [4.69, 9.17) is 9.84 Å². The Morgan fingerprint density at radius 3 is 2.43 bits per heavy atom. The molecule has 1 aromatic rings. The molecule has 3 heteroatoms. The summed E-state index contributed by atoms with van der Waals surface area (Å²) in [4.78, 5) is 10.6. The van der Waals surface area contributed by atoms with Crippen molar-refractivity contribution in [1.29, 1.82) is 0 Å². The molecular formula is C18H28O3. The largest absolute Gasteiger partial charge is 0.481 e. The topological polar surface area (TPSA) is 46.5 Å². The average molecular weight is 292 g/mol. The summed E-state index contributed by atoms with van der Waals surface area (Å²) in [6.07, 6.45) is 7.57. The number of carboxylic acids is 1. The molecule has 21 heavy (non-hydrogen) atoms. The third-order valence-electron chi connectivity index (χ3n) is 3.64. The third-order valence-corrected chi connectivity index (χ3v) is 3.64. The van der Waals surface area contributed by atoms with E-state index in [2.05, 4.69) is 13.8 Å². The molecule has 118 valence electrons. The second-order valence-corrected chi connectivity index (χ2v) is 5.67. The number of carboxylic acid groups (broad SMARTS) is 1. The Bertz CT molecular complexity index is 397. The van der Waals surface area contributed by atoms with Crippen LogP contribution in [0.5, 0.6) is 0 Å². The molecule has 0 radical (unpaired) electrons. The first kappa shape index (κ1) is 17.7. The molecule has 0 saturated carbocycles. The minimum atomic E-state index is -0.789. The maximum atomic E-state index is 10.6. The zero-order valence-corrected chi connectivity index (χ0v) is 13.3. The fourth-order valence-electron chi connectivity index (χ4n) is 2.32. The highest BCUT2D eigenvalue weighted by Gasteiger charge is 2.03. The zero-order chi connectivity index (χ0) is 15.5. The number of aliphatic carboxylic acids is 1. The normalized spacial score (nSPS) is 12.3. The highest BCUT2D eigenvalue weighted by molar-refractivity contribution is 5.70. The van der Waals surface area contributed by atoms with Gasteiger partial charge < -0.3 is 9.84 Å². The van der Waals surface area contributed by atoms with Crippen molar-refractivity contribution in [2.24, 2.45) is 0 Å². The van der Waals surface area contributed by atoms with Crippen LogP contribution in [0.2, 0.25) is 0 Å². The SMILES string of the molecule is CCCCCC[C@H](C)OCCc1ccc(CC(=O)O)cc1. The van der Waals surface area contributed by atoms with Gasteiger partial charge in [-0.15, -0.1) is 0 Å². The maximum absolute atomic E-state index is 10.6. The standard InChI is InChI=1S/C18H28O3/c1-3-4-5-6-7-15(2)21-13-12-16-8-10-17(11-9-16)14-18(19)20/h8-11,15H,3-7,12-14H2,1-2H3,(H,19,20)/t15-/m0/s1. The van der Waals surface area contributed by atoms with Crippen molar-refractivity contribution in [3.63, 3.8) is 0 Å². The third kappa shape index (κ3) is 8.51. The van der Waals surface area contributed by atoms with E-state index in [0.29, 0.717) is 6.10 Å². The lowest BCUT2D eigenvalue weighted by molar-refractivity contribution is -0.136. The summed E-state index contributed by atoms with van der Waals surface area (Å²) in [6.45, 7) is 5.09. The van der Waals surface area contributed by atoms with E-state index in [0.717, 1.165) is 25.0 Å². The molecule has 0 aliphatic heterocycles. The van der Waals surface area contributed by atoms with Crippen LogP contribution in [0.3, 0.4) is 0 Å². The molecule has 1 N–H and O–H groups in total. The summed E-state index contributed by atoms with van der Waals surface area (Å²) < 4.78 is 5.83. The van der Waals surface area contributed by atoms with Gasteiger partial charge in [-0.1, -0.05) is 56.9 Å². The van der Waals surface area contributed by atoms with Gasteiger partial charge in [-0.3, -0.25) is 4.79 Å². The first-order chi connectivity index (χ1) is 10.1. The smallest absolute Gasteiger partial charge is 0.307 e. The monoisotopic (exact) mass is 292 g/mol. The van der Waals surface area contributed by atoms with Crippen LogP contribution >= 0.6 is 0 Å². The van der Waals surface area contributed by atoms with Crippen LogP contribution < -0.4 is 0 Å². The molecule has 3 nitrogen and oxygen atoms in total. The van der Waals surface area contributed by atoms with E-state index in [1.54, 1.807) is 0 Å². The summed E-state index contributed by atoms with van der Waals surface area (Å²) in [7, 11) is 0. The summed E-state index contributed by atoms with van der Waals surface area (Å²) >= 11 is 0. The molecule has 0 aliphatic rings. The Kier molecular flexibility index (Phi) is 8.76. The predicted molar refractivity (Wildman–Crippen MR) is 85.7 cm³/mol. The second kappa shape index (κ2) is 10.4. The van der Waals surface area contributed by atoms with Crippen molar-refractivity contribution in [2.45, 2.75) is 64.9 Å². The van der Waals surface area contributed by atoms with Gasteiger partial charge in [0.25, 0.3) is 0 Å². The van der Waals surface area contributed by atoms with Crippen molar-refractivity contribution in [2.75, 3.05) is 6.61 Å². The molecule has 0 saturated heterocycles. The lowest BCUT2D eigenvalue weighted by Crippen LogP contribution is -2.10. The van der Waals surface area contributed by atoms with Crippen LogP contribution in [0, 0.1) is 0 Å². The van der Waals surface area contributed by atoms with Gasteiger partial charge in [-0.2, -0.15) is 0 Å². The number of unbranched alkanes of at least 4 members (excludes halogenated alkanes) is 3. The molecule has 0 aromatic heterocycles. The Labute approximate surface area is 128 Å². The lowest BCUT2D eigenvalue weighted by atomic mass is 10.1. The van der Waals surface area contributed by atoms with Gasteiger partial charge in [0, 0.05) is 0 Å². The van der Waals surface area contributed by atoms with E-state index >= 15 is 0 Å². The van der Waals surface area contributed by atoms with Crippen molar-refractivity contribution in [3.8, 4) is 0 Å². The van der Waals surface area contributed by atoms with Crippen LogP contribution in [-0.2, 0) is 22.4 Å². The minimum absolute atomic E-state index is 0.0889. The van der Waals surface area contributed by atoms with Gasteiger partial charge in [-0.25, -0.2) is 0 Å². The maximum Gasteiger partial charge on any atom is 0.307 e. The van der Waals surface area contributed by atoms with Crippen molar-refractivity contribution >= 4 is 5.97 Å². The van der Waals surface area contributed by atoms with Gasteiger partial charge in [0.15, 0.2) is 0 Å². The Morgan fingerprint density at radius 1 is 1.14 bits per heavy atom. The number of carbonyl (C=O) groups is 1. The van der Waals surface area contributed by atoms with Crippen LogP contribution in [0.25, 0.3) is 0 Å². The molecular weight excluding hydrogens is 264 g/mol. The number of hydrogen-bond acceptors (Lipinski definition) is 2. The van der Waals surface area contributed by atoms with Crippen LogP contribution in [0.1, 0.15) is 57.1 Å². The van der Waals surface area contributed by atoms with Crippen LogP contribution in [0.4, 0.5) is 0 Å². The molecule has 0 unspecified atom stereocenters. The van der Waals surface area contributed by atoms with Gasteiger partial charge in [0.05, 0.1) is 19.1 Å². The molecule has 0 spiro atoms. The number of benzene rings is 1. The Balaban J connectivity index is 2.18. The highest BCUT2D eigenvalue weighted by atomic mass is 16.5. The zero-order valence-electron chi connectivity index (χ0n) is 13.3. The van der Waals surface area contributed by atoms with Crippen molar-refractivity contribution < 1.29 is 14.6 Å². The van der Waals surface area contributed by atoms with E-state index in [1.165, 1.54) is 31.2 Å². The van der Waals surface area contributed by atoms with Gasteiger partial charge in [-0.05, 0) is 30.9 Å².